The molecule has 0 spiro atoms. The first kappa shape index (κ1) is 10.3. The van der Waals surface area contributed by atoms with Crippen molar-refractivity contribution in [2.45, 2.75) is 19.8 Å². The lowest BCUT2D eigenvalue weighted by atomic mass is 9.99. The molecule has 0 heterocycles. The summed E-state index contributed by atoms with van der Waals surface area (Å²) in [7, 11) is 4.23. The number of hydrogen-bond donors (Lipinski definition) is 0. The first-order valence-electron chi connectivity index (χ1n) is 4.81. The van der Waals surface area contributed by atoms with Crippen molar-refractivity contribution >= 4 is 0 Å². The van der Waals surface area contributed by atoms with Gasteiger partial charge in [-0.15, -0.1) is 0 Å². The largest absolute Gasteiger partial charge is 0.309 e. The Morgan fingerprint density at radius 3 is 2.54 bits per heavy atom. The number of rotatable bonds is 3. The summed E-state index contributed by atoms with van der Waals surface area (Å²) in [6, 6.07) is 8.76. The summed E-state index contributed by atoms with van der Waals surface area (Å²) >= 11 is 0. The Morgan fingerprint density at radius 2 is 2.00 bits per heavy atom. The number of benzene rings is 1. The first-order chi connectivity index (χ1) is 6.09. The average molecular weight is 177 g/mol. The van der Waals surface area contributed by atoms with Gasteiger partial charge in [0.25, 0.3) is 0 Å². The van der Waals surface area contributed by atoms with Crippen molar-refractivity contribution < 1.29 is 0 Å². The molecule has 1 heteroatoms. The van der Waals surface area contributed by atoms with Crippen molar-refractivity contribution in [3.05, 3.63) is 35.4 Å². The van der Waals surface area contributed by atoms with Crippen LogP contribution in [0.25, 0.3) is 0 Å². The van der Waals surface area contributed by atoms with E-state index in [0.29, 0.717) is 5.92 Å². The molecule has 72 valence electrons. The molecule has 0 fully saturated rings. The fourth-order valence-corrected chi connectivity index (χ4v) is 1.63. The average Bonchev–Trinajstić information content (AvgIpc) is 2.03. The molecule has 0 amide bonds. The summed E-state index contributed by atoms with van der Waals surface area (Å²) in [6.45, 7) is 5.53. The Hall–Kier alpha value is -0.820. The topological polar surface area (TPSA) is 3.24 Å². The molecule has 13 heavy (non-hydrogen) atoms. The molecule has 0 aliphatic heterocycles. The van der Waals surface area contributed by atoms with Crippen LogP contribution >= 0.6 is 0 Å². The molecular formula is C12H19N. The monoisotopic (exact) mass is 177 g/mol. The second-order valence-electron chi connectivity index (χ2n) is 4.08. The van der Waals surface area contributed by atoms with Gasteiger partial charge < -0.3 is 4.90 Å². The Balaban J connectivity index is 2.71. The van der Waals surface area contributed by atoms with Crippen LogP contribution < -0.4 is 0 Å². The number of likely N-dealkylation sites (N-methyl/N-ethyl adjacent to an activating group) is 1. The van der Waals surface area contributed by atoms with Gasteiger partial charge in [-0.2, -0.15) is 0 Å². The van der Waals surface area contributed by atoms with Crippen LogP contribution in [0.2, 0.25) is 0 Å². The van der Waals surface area contributed by atoms with Crippen LogP contribution in [0.1, 0.15) is 24.0 Å². The third-order valence-corrected chi connectivity index (χ3v) is 2.25. The minimum atomic E-state index is 0.620. The van der Waals surface area contributed by atoms with E-state index in [4.69, 9.17) is 0 Å². The highest BCUT2D eigenvalue weighted by molar-refractivity contribution is 5.25. The lowest BCUT2D eigenvalue weighted by Gasteiger charge is -2.17. The highest BCUT2D eigenvalue weighted by Gasteiger charge is 2.05. The Labute approximate surface area is 81.4 Å². The normalized spacial score (nSPS) is 13.3. The zero-order valence-electron chi connectivity index (χ0n) is 9.04. The van der Waals surface area contributed by atoms with Crippen LogP contribution in [0.5, 0.6) is 0 Å². The smallest absolute Gasteiger partial charge is 0.00415 e. The van der Waals surface area contributed by atoms with Gasteiger partial charge in [0.2, 0.25) is 0 Å². The second kappa shape index (κ2) is 4.43. The van der Waals surface area contributed by atoms with E-state index in [1.165, 1.54) is 11.1 Å². The minimum absolute atomic E-state index is 0.620. The van der Waals surface area contributed by atoms with E-state index in [-0.39, 0.29) is 0 Å². The summed E-state index contributed by atoms with van der Waals surface area (Å²) in [4.78, 5) is 2.23. The van der Waals surface area contributed by atoms with E-state index in [0.717, 1.165) is 6.54 Å². The van der Waals surface area contributed by atoms with Gasteiger partial charge in [0.05, 0.1) is 0 Å². The number of nitrogens with zero attached hydrogens (tertiary/aromatic N) is 1. The molecule has 0 aliphatic carbocycles. The van der Waals surface area contributed by atoms with Gasteiger partial charge in [-0.3, -0.25) is 0 Å². The molecule has 0 N–H and O–H groups in total. The van der Waals surface area contributed by atoms with Crippen LogP contribution in [0.3, 0.4) is 0 Å². The molecule has 0 saturated carbocycles. The molecule has 1 aromatic carbocycles. The Morgan fingerprint density at radius 1 is 1.31 bits per heavy atom. The summed E-state index contributed by atoms with van der Waals surface area (Å²) in [5.41, 5.74) is 2.79. The van der Waals surface area contributed by atoms with Gasteiger partial charge in [-0.05, 0) is 32.5 Å². The van der Waals surface area contributed by atoms with Gasteiger partial charge >= 0.3 is 0 Å². The molecule has 1 aromatic rings. The van der Waals surface area contributed by atoms with Crippen molar-refractivity contribution in [2.75, 3.05) is 20.6 Å². The van der Waals surface area contributed by atoms with Crippen LogP contribution in [-0.2, 0) is 0 Å². The molecule has 1 atom stereocenters. The molecule has 0 radical (unpaired) electrons. The lowest BCUT2D eigenvalue weighted by molar-refractivity contribution is 0.383. The Kier molecular flexibility index (Phi) is 3.49. The zero-order chi connectivity index (χ0) is 9.84. The second-order valence-corrected chi connectivity index (χ2v) is 4.08. The zero-order valence-corrected chi connectivity index (χ0v) is 9.04. The lowest BCUT2D eigenvalue weighted by Crippen LogP contribution is -2.18. The molecule has 1 unspecified atom stereocenters. The predicted molar refractivity (Wildman–Crippen MR) is 58.1 cm³/mol. The van der Waals surface area contributed by atoms with E-state index in [2.05, 4.69) is 57.1 Å². The maximum atomic E-state index is 2.27. The fourth-order valence-electron chi connectivity index (χ4n) is 1.63. The van der Waals surface area contributed by atoms with Crippen LogP contribution in [0.4, 0.5) is 0 Å². The first-order valence-corrected chi connectivity index (χ1v) is 4.81. The summed E-state index contributed by atoms with van der Waals surface area (Å²) in [5, 5.41) is 0. The summed E-state index contributed by atoms with van der Waals surface area (Å²) < 4.78 is 0. The molecule has 0 aromatic heterocycles. The maximum Gasteiger partial charge on any atom is 0.00415 e. The third kappa shape index (κ3) is 3.19. The van der Waals surface area contributed by atoms with Gasteiger partial charge in [0.1, 0.15) is 0 Å². The third-order valence-electron chi connectivity index (χ3n) is 2.25. The number of aryl methyl sites for hydroxylation is 1. The highest BCUT2D eigenvalue weighted by atomic mass is 15.1. The number of hydrogen-bond acceptors (Lipinski definition) is 1. The van der Waals surface area contributed by atoms with E-state index < -0.39 is 0 Å². The molecule has 1 nitrogen and oxygen atoms in total. The maximum absolute atomic E-state index is 2.27. The van der Waals surface area contributed by atoms with Crippen molar-refractivity contribution in [3.8, 4) is 0 Å². The van der Waals surface area contributed by atoms with Crippen LogP contribution in [0, 0.1) is 6.92 Å². The van der Waals surface area contributed by atoms with Crippen LogP contribution in [0.15, 0.2) is 24.3 Å². The summed E-state index contributed by atoms with van der Waals surface area (Å²) in [6.07, 6.45) is 0. The SMILES string of the molecule is Cc1cccc(C(C)CN(C)C)c1. The van der Waals surface area contributed by atoms with Crippen molar-refractivity contribution in [1.82, 2.24) is 4.90 Å². The quantitative estimate of drug-likeness (QED) is 0.686. The predicted octanol–water partition coefficient (Wildman–Crippen LogP) is 2.66. The van der Waals surface area contributed by atoms with Crippen molar-refractivity contribution in [1.29, 1.82) is 0 Å². The van der Waals surface area contributed by atoms with Crippen molar-refractivity contribution in [3.63, 3.8) is 0 Å². The van der Waals surface area contributed by atoms with E-state index in [1.54, 1.807) is 0 Å². The van der Waals surface area contributed by atoms with E-state index in [9.17, 15) is 0 Å². The van der Waals surface area contributed by atoms with Crippen LogP contribution in [-0.4, -0.2) is 25.5 Å². The minimum Gasteiger partial charge on any atom is -0.309 e. The molecule has 1 rings (SSSR count). The molecular weight excluding hydrogens is 158 g/mol. The van der Waals surface area contributed by atoms with Crippen molar-refractivity contribution in [2.24, 2.45) is 0 Å². The van der Waals surface area contributed by atoms with Gasteiger partial charge in [-0.1, -0.05) is 36.8 Å². The summed E-state index contributed by atoms with van der Waals surface area (Å²) in [5.74, 6) is 0.620. The Bertz CT molecular complexity index is 266. The van der Waals surface area contributed by atoms with E-state index in [1.807, 2.05) is 0 Å². The fraction of sp³-hybridized carbons (Fsp3) is 0.500. The highest BCUT2D eigenvalue weighted by Crippen LogP contribution is 2.16. The van der Waals surface area contributed by atoms with Gasteiger partial charge in [-0.25, -0.2) is 0 Å². The van der Waals surface area contributed by atoms with Gasteiger partial charge in [0, 0.05) is 6.54 Å². The standard InChI is InChI=1S/C12H19N/c1-10-6-5-7-12(8-10)11(2)9-13(3)4/h5-8,11H,9H2,1-4H3. The molecule has 0 bridgehead atoms. The molecule has 0 aliphatic rings. The molecule has 0 saturated heterocycles. The van der Waals surface area contributed by atoms with Gasteiger partial charge in [0.15, 0.2) is 0 Å². The van der Waals surface area contributed by atoms with E-state index >= 15 is 0 Å².